The number of carbonyl (C=O) groups excluding carboxylic acids is 1. The summed E-state index contributed by atoms with van der Waals surface area (Å²) in [5, 5.41) is 12.0. The summed E-state index contributed by atoms with van der Waals surface area (Å²) in [4.78, 5) is 23.3. The van der Waals surface area contributed by atoms with Crippen LogP contribution in [0.15, 0.2) is 24.3 Å². The van der Waals surface area contributed by atoms with Gasteiger partial charge in [0.25, 0.3) is 0 Å². The first-order valence-electron chi connectivity index (χ1n) is 5.09. The molecule has 1 fully saturated rings. The van der Waals surface area contributed by atoms with Gasteiger partial charge in [0, 0.05) is 11.6 Å². The largest absolute Gasteiger partial charge is 0.480 e. The summed E-state index contributed by atoms with van der Waals surface area (Å²) in [5.41, 5.74) is 0.913. The van der Waals surface area contributed by atoms with Gasteiger partial charge in [-0.25, -0.2) is 4.79 Å². The van der Waals surface area contributed by atoms with Crippen LogP contribution in [0.1, 0.15) is 11.6 Å². The van der Waals surface area contributed by atoms with Crippen LogP contribution in [0.5, 0.6) is 0 Å². The van der Waals surface area contributed by atoms with E-state index in [1.165, 1.54) is 4.90 Å². The summed E-state index contributed by atoms with van der Waals surface area (Å²) in [7, 11) is 0. The fourth-order valence-corrected chi connectivity index (χ4v) is 1.90. The van der Waals surface area contributed by atoms with Gasteiger partial charge in [-0.3, -0.25) is 4.79 Å². The number of hydrogen-bond donors (Lipinski definition) is 2. The second-order valence-electron chi connectivity index (χ2n) is 3.83. The van der Waals surface area contributed by atoms with Crippen LogP contribution in [-0.2, 0) is 4.79 Å². The number of aliphatic carboxylic acids is 1. The number of nitrogens with zero attached hydrogens (tertiary/aromatic N) is 1. The maximum Gasteiger partial charge on any atom is 0.323 e. The number of carbonyl (C=O) groups is 2. The minimum atomic E-state index is -1.02. The topological polar surface area (TPSA) is 69.6 Å². The Kier molecular flexibility index (Phi) is 3.19. The summed E-state index contributed by atoms with van der Waals surface area (Å²) in [5.74, 6) is -1.02. The van der Waals surface area contributed by atoms with E-state index in [-0.39, 0.29) is 18.6 Å². The molecule has 5 nitrogen and oxygen atoms in total. The Hall–Kier alpha value is -1.75. The van der Waals surface area contributed by atoms with E-state index < -0.39 is 5.97 Å². The molecule has 0 aromatic heterocycles. The molecule has 2 rings (SSSR count). The van der Waals surface area contributed by atoms with Crippen molar-refractivity contribution in [2.24, 2.45) is 0 Å². The second-order valence-corrected chi connectivity index (χ2v) is 4.26. The number of hydrogen-bond acceptors (Lipinski definition) is 2. The zero-order chi connectivity index (χ0) is 12.4. The van der Waals surface area contributed by atoms with Crippen molar-refractivity contribution < 1.29 is 14.7 Å². The first-order valence-corrected chi connectivity index (χ1v) is 5.47. The molecule has 1 aliphatic rings. The molecular weight excluding hydrogens is 244 g/mol. The predicted molar refractivity (Wildman–Crippen MR) is 61.9 cm³/mol. The highest BCUT2D eigenvalue weighted by atomic mass is 35.5. The van der Waals surface area contributed by atoms with Gasteiger partial charge in [-0.15, -0.1) is 0 Å². The van der Waals surface area contributed by atoms with Gasteiger partial charge in [0.15, 0.2) is 0 Å². The van der Waals surface area contributed by atoms with Crippen LogP contribution in [0.2, 0.25) is 5.02 Å². The molecular formula is C11H11ClN2O3. The molecule has 1 heterocycles. The van der Waals surface area contributed by atoms with Crippen molar-refractivity contribution in [1.82, 2.24) is 10.2 Å². The van der Waals surface area contributed by atoms with Gasteiger partial charge >= 0.3 is 12.0 Å². The Morgan fingerprint density at radius 3 is 2.71 bits per heavy atom. The van der Waals surface area contributed by atoms with Gasteiger partial charge in [0.05, 0.1) is 6.04 Å². The maximum atomic E-state index is 11.5. The molecule has 0 radical (unpaired) electrons. The third kappa shape index (κ3) is 2.68. The molecule has 1 saturated heterocycles. The number of amides is 2. The summed E-state index contributed by atoms with van der Waals surface area (Å²) in [6.07, 6.45) is 0. The van der Waals surface area contributed by atoms with Gasteiger partial charge in [-0.2, -0.15) is 0 Å². The van der Waals surface area contributed by atoms with Crippen molar-refractivity contribution in [1.29, 1.82) is 0 Å². The zero-order valence-electron chi connectivity index (χ0n) is 8.89. The lowest BCUT2D eigenvalue weighted by atomic mass is 10.1. The zero-order valence-corrected chi connectivity index (χ0v) is 9.65. The molecule has 0 saturated carbocycles. The highest BCUT2D eigenvalue weighted by Crippen LogP contribution is 2.21. The predicted octanol–water partition coefficient (Wildman–Crippen LogP) is 1.49. The summed E-state index contributed by atoms with van der Waals surface area (Å²) in [6.45, 7) is 0.0721. The minimum Gasteiger partial charge on any atom is -0.480 e. The van der Waals surface area contributed by atoms with E-state index in [4.69, 9.17) is 16.7 Å². The van der Waals surface area contributed by atoms with Crippen LogP contribution in [0.4, 0.5) is 4.79 Å². The van der Waals surface area contributed by atoms with Crippen molar-refractivity contribution in [3.8, 4) is 0 Å². The molecule has 1 atom stereocenters. The molecule has 90 valence electrons. The number of benzene rings is 1. The number of nitrogens with one attached hydrogen (secondary N) is 1. The molecule has 0 aliphatic carbocycles. The second kappa shape index (κ2) is 4.63. The van der Waals surface area contributed by atoms with E-state index in [1.54, 1.807) is 12.1 Å². The fraction of sp³-hybridized carbons (Fsp3) is 0.273. The van der Waals surface area contributed by atoms with Crippen molar-refractivity contribution in [2.75, 3.05) is 13.1 Å². The third-order valence-corrected chi connectivity index (χ3v) is 2.84. The Labute approximate surface area is 103 Å². The average molecular weight is 255 g/mol. The van der Waals surface area contributed by atoms with E-state index in [2.05, 4.69) is 5.32 Å². The SMILES string of the molecule is O=C(O)CN1CC(c2ccc(Cl)cc2)NC1=O. The maximum absolute atomic E-state index is 11.5. The molecule has 1 unspecified atom stereocenters. The normalized spacial score (nSPS) is 19.2. The van der Waals surface area contributed by atoms with Crippen molar-refractivity contribution in [3.05, 3.63) is 34.9 Å². The van der Waals surface area contributed by atoms with Crippen LogP contribution < -0.4 is 5.32 Å². The molecule has 17 heavy (non-hydrogen) atoms. The van der Waals surface area contributed by atoms with Crippen molar-refractivity contribution in [2.45, 2.75) is 6.04 Å². The van der Waals surface area contributed by atoms with Gasteiger partial charge in [0.2, 0.25) is 0 Å². The molecule has 0 spiro atoms. The van der Waals surface area contributed by atoms with Gasteiger partial charge in [0.1, 0.15) is 6.54 Å². The van der Waals surface area contributed by atoms with E-state index >= 15 is 0 Å². The standard InChI is InChI=1S/C11H11ClN2O3/c12-8-3-1-7(2-4-8)9-5-14(6-10(15)16)11(17)13-9/h1-4,9H,5-6H2,(H,13,17)(H,15,16). The number of halogens is 1. The molecule has 0 bridgehead atoms. The van der Waals surface area contributed by atoms with Crippen LogP contribution in [0, 0.1) is 0 Å². The van der Waals surface area contributed by atoms with Crippen molar-refractivity contribution in [3.63, 3.8) is 0 Å². The first-order chi connectivity index (χ1) is 8.06. The molecule has 1 aromatic rings. The monoisotopic (exact) mass is 254 g/mol. The Morgan fingerprint density at radius 2 is 2.12 bits per heavy atom. The van der Waals surface area contributed by atoms with Crippen LogP contribution in [0.3, 0.4) is 0 Å². The average Bonchev–Trinajstić information content (AvgIpc) is 2.60. The lowest BCUT2D eigenvalue weighted by Gasteiger charge is -2.11. The Morgan fingerprint density at radius 1 is 1.47 bits per heavy atom. The highest BCUT2D eigenvalue weighted by Gasteiger charge is 2.30. The summed E-state index contributed by atoms with van der Waals surface area (Å²) < 4.78 is 0. The van der Waals surface area contributed by atoms with Gasteiger partial charge in [-0.05, 0) is 17.7 Å². The molecule has 1 aromatic carbocycles. The first kappa shape index (κ1) is 11.7. The molecule has 2 N–H and O–H groups in total. The van der Waals surface area contributed by atoms with Crippen molar-refractivity contribution >= 4 is 23.6 Å². The number of carboxylic acid groups (broad SMARTS) is 1. The Balaban J connectivity index is 2.08. The molecule has 6 heteroatoms. The Bertz CT molecular complexity index is 447. The fourth-order valence-electron chi connectivity index (χ4n) is 1.77. The third-order valence-electron chi connectivity index (χ3n) is 2.59. The number of urea groups is 1. The van der Waals surface area contributed by atoms with E-state index in [1.807, 2.05) is 12.1 Å². The number of carboxylic acids is 1. The number of rotatable bonds is 3. The van der Waals surface area contributed by atoms with Gasteiger partial charge in [-0.1, -0.05) is 23.7 Å². The van der Waals surface area contributed by atoms with Crippen LogP contribution in [0.25, 0.3) is 0 Å². The smallest absolute Gasteiger partial charge is 0.323 e. The van der Waals surface area contributed by atoms with E-state index in [9.17, 15) is 9.59 Å². The highest BCUT2D eigenvalue weighted by molar-refractivity contribution is 6.30. The van der Waals surface area contributed by atoms with Crippen LogP contribution in [-0.4, -0.2) is 35.1 Å². The quantitative estimate of drug-likeness (QED) is 0.859. The van der Waals surface area contributed by atoms with E-state index in [0.29, 0.717) is 11.6 Å². The summed E-state index contributed by atoms with van der Waals surface area (Å²) in [6, 6.07) is 6.58. The summed E-state index contributed by atoms with van der Waals surface area (Å²) >= 11 is 5.77. The van der Waals surface area contributed by atoms with E-state index in [0.717, 1.165) is 5.56 Å². The van der Waals surface area contributed by atoms with Gasteiger partial charge < -0.3 is 15.3 Å². The molecule has 1 aliphatic heterocycles. The molecule has 2 amide bonds. The minimum absolute atomic E-state index is 0.181. The van der Waals surface area contributed by atoms with Crippen LogP contribution >= 0.6 is 11.6 Å². The lowest BCUT2D eigenvalue weighted by Crippen LogP contribution is -2.32. The lowest BCUT2D eigenvalue weighted by molar-refractivity contribution is -0.137.